The third-order valence-corrected chi connectivity index (χ3v) is 6.73. The SMILES string of the molecule is CSC1(CNCc2ccn(C3CCCC3)n2)CCCCC1. The van der Waals surface area contributed by atoms with Crippen molar-refractivity contribution in [3.05, 3.63) is 18.0 Å². The number of thioether (sulfide) groups is 1. The van der Waals surface area contributed by atoms with Crippen LogP contribution in [-0.4, -0.2) is 27.3 Å². The fourth-order valence-corrected chi connectivity index (χ4v) is 4.85. The molecule has 2 saturated carbocycles. The minimum atomic E-state index is 0.478. The predicted molar refractivity (Wildman–Crippen MR) is 90.8 cm³/mol. The zero-order chi connectivity index (χ0) is 14.5. The Hall–Kier alpha value is -0.480. The van der Waals surface area contributed by atoms with Crippen molar-refractivity contribution in [3.63, 3.8) is 0 Å². The summed E-state index contributed by atoms with van der Waals surface area (Å²) in [4.78, 5) is 0. The summed E-state index contributed by atoms with van der Waals surface area (Å²) in [7, 11) is 0. The Kier molecular flexibility index (Phi) is 5.28. The minimum Gasteiger partial charge on any atom is -0.310 e. The summed E-state index contributed by atoms with van der Waals surface area (Å²) >= 11 is 2.07. The second-order valence-electron chi connectivity index (χ2n) is 6.78. The fourth-order valence-electron chi connectivity index (χ4n) is 3.91. The molecule has 0 unspecified atom stereocenters. The quantitative estimate of drug-likeness (QED) is 0.856. The van der Waals surface area contributed by atoms with E-state index in [1.165, 1.54) is 63.5 Å². The van der Waals surface area contributed by atoms with Crippen molar-refractivity contribution in [2.45, 2.75) is 75.1 Å². The maximum Gasteiger partial charge on any atom is 0.0762 e. The summed E-state index contributed by atoms with van der Waals surface area (Å²) in [6, 6.07) is 2.85. The van der Waals surface area contributed by atoms with Crippen LogP contribution in [0.5, 0.6) is 0 Å². The maximum atomic E-state index is 4.77. The molecule has 0 bridgehead atoms. The van der Waals surface area contributed by atoms with E-state index < -0.39 is 0 Å². The van der Waals surface area contributed by atoms with E-state index in [0.717, 1.165) is 13.1 Å². The lowest BCUT2D eigenvalue weighted by atomic mass is 9.88. The lowest BCUT2D eigenvalue weighted by Crippen LogP contribution is -2.39. The molecule has 3 rings (SSSR count). The zero-order valence-electron chi connectivity index (χ0n) is 13.3. The molecule has 0 aromatic carbocycles. The zero-order valence-corrected chi connectivity index (χ0v) is 14.1. The first kappa shape index (κ1) is 15.4. The molecule has 118 valence electrons. The Morgan fingerprint density at radius 3 is 2.71 bits per heavy atom. The summed E-state index contributed by atoms with van der Waals surface area (Å²) in [5, 5.41) is 8.44. The Balaban J connectivity index is 1.48. The molecular formula is C17H29N3S. The van der Waals surface area contributed by atoms with Gasteiger partial charge in [-0.05, 0) is 38.0 Å². The van der Waals surface area contributed by atoms with Gasteiger partial charge in [0.15, 0.2) is 0 Å². The third kappa shape index (κ3) is 3.84. The number of nitrogens with one attached hydrogen (secondary N) is 1. The van der Waals surface area contributed by atoms with Gasteiger partial charge in [-0.2, -0.15) is 16.9 Å². The van der Waals surface area contributed by atoms with Crippen LogP contribution in [0.4, 0.5) is 0 Å². The van der Waals surface area contributed by atoms with Gasteiger partial charge in [-0.25, -0.2) is 0 Å². The van der Waals surface area contributed by atoms with Crippen molar-refractivity contribution < 1.29 is 0 Å². The molecule has 2 fully saturated rings. The van der Waals surface area contributed by atoms with Crippen molar-refractivity contribution in [1.29, 1.82) is 0 Å². The normalized spacial score (nSPS) is 22.7. The molecule has 0 aliphatic heterocycles. The van der Waals surface area contributed by atoms with Crippen molar-refractivity contribution in [2.24, 2.45) is 0 Å². The third-order valence-electron chi connectivity index (χ3n) is 5.31. The van der Waals surface area contributed by atoms with Gasteiger partial charge < -0.3 is 5.32 Å². The lowest BCUT2D eigenvalue weighted by Gasteiger charge is -2.36. The van der Waals surface area contributed by atoms with E-state index >= 15 is 0 Å². The van der Waals surface area contributed by atoms with E-state index in [1.54, 1.807) is 0 Å². The van der Waals surface area contributed by atoms with Crippen LogP contribution in [0.3, 0.4) is 0 Å². The fraction of sp³-hybridized carbons (Fsp3) is 0.824. The van der Waals surface area contributed by atoms with Gasteiger partial charge in [0.2, 0.25) is 0 Å². The summed E-state index contributed by atoms with van der Waals surface area (Å²) in [6.45, 7) is 2.05. The van der Waals surface area contributed by atoms with E-state index in [1.807, 2.05) is 0 Å². The topological polar surface area (TPSA) is 29.9 Å². The predicted octanol–water partition coefficient (Wildman–Crippen LogP) is 4.15. The van der Waals surface area contributed by atoms with Gasteiger partial charge in [0.1, 0.15) is 0 Å². The molecule has 2 aliphatic rings. The first-order valence-electron chi connectivity index (χ1n) is 8.61. The van der Waals surface area contributed by atoms with Crippen molar-refractivity contribution in [3.8, 4) is 0 Å². The van der Waals surface area contributed by atoms with E-state index in [-0.39, 0.29) is 0 Å². The molecule has 0 spiro atoms. The summed E-state index contributed by atoms with van der Waals surface area (Å²) in [6.07, 6.45) is 16.8. The van der Waals surface area contributed by atoms with E-state index in [9.17, 15) is 0 Å². The standard InChI is InChI=1S/C17H29N3S/c1-21-17(10-5-2-6-11-17)14-18-13-15-9-12-20(19-15)16-7-3-4-8-16/h9,12,16,18H,2-8,10-11,13-14H2,1H3. The van der Waals surface area contributed by atoms with Crippen LogP contribution in [0.15, 0.2) is 12.3 Å². The van der Waals surface area contributed by atoms with Gasteiger partial charge in [-0.15, -0.1) is 0 Å². The molecule has 4 heteroatoms. The highest BCUT2D eigenvalue weighted by molar-refractivity contribution is 8.00. The molecular weight excluding hydrogens is 278 g/mol. The monoisotopic (exact) mass is 307 g/mol. The number of rotatable bonds is 6. The van der Waals surface area contributed by atoms with Crippen molar-refractivity contribution in [2.75, 3.05) is 12.8 Å². The van der Waals surface area contributed by atoms with Gasteiger partial charge in [-0.3, -0.25) is 4.68 Å². The van der Waals surface area contributed by atoms with E-state index in [0.29, 0.717) is 10.8 Å². The Bertz CT molecular complexity index is 431. The molecule has 0 radical (unpaired) electrons. The molecule has 1 aromatic heterocycles. The number of hydrogen-bond acceptors (Lipinski definition) is 3. The van der Waals surface area contributed by atoms with Crippen LogP contribution in [-0.2, 0) is 6.54 Å². The average Bonchev–Trinajstić information content (AvgIpc) is 3.19. The summed E-state index contributed by atoms with van der Waals surface area (Å²) < 4.78 is 2.68. The van der Waals surface area contributed by atoms with Crippen LogP contribution < -0.4 is 5.32 Å². The molecule has 21 heavy (non-hydrogen) atoms. The Morgan fingerprint density at radius 1 is 1.24 bits per heavy atom. The molecule has 0 atom stereocenters. The molecule has 3 nitrogen and oxygen atoms in total. The highest BCUT2D eigenvalue weighted by atomic mass is 32.2. The molecule has 1 N–H and O–H groups in total. The Morgan fingerprint density at radius 2 is 2.00 bits per heavy atom. The molecule has 0 saturated heterocycles. The van der Waals surface area contributed by atoms with Gasteiger partial charge >= 0.3 is 0 Å². The maximum absolute atomic E-state index is 4.77. The summed E-state index contributed by atoms with van der Waals surface area (Å²) in [5.41, 5.74) is 1.20. The number of nitrogens with zero attached hydrogens (tertiary/aromatic N) is 2. The average molecular weight is 308 g/mol. The molecule has 1 heterocycles. The van der Waals surface area contributed by atoms with Crippen molar-refractivity contribution >= 4 is 11.8 Å². The van der Waals surface area contributed by atoms with Gasteiger partial charge in [-0.1, -0.05) is 32.1 Å². The van der Waals surface area contributed by atoms with Gasteiger partial charge in [0, 0.05) is 24.0 Å². The van der Waals surface area contributed by atoms with E-state index in [2.05, 4.69) is 40.3 Å². The second kappa shape index (κ2) is 7.19. The second-order valence-corrected chi connectivity index (χ2v) is 8.05. The highest BCUT2D eigenvalue weighted by Crippen LogP contribution is 2.38. The lowest BCUT2D eigenvalue weighted by molar-refractivity contribution is 0.378. The minimum absolute atomic E-state index is 0.478. The molecule has 0 amide bonds. The summed E-state index contributed by atoms with van der Waals surface area (Å²) in [5.74, 6) is 0. The van der Waals surface area contributed by atoms with E-state index in [4.69, 9.17) is 5.10 Å². The molecule has 2 aliphatic carbocycles. The first-order valence-corrected chi connectivity index (χ1v) is 9.84. The number of aromatic nitrogens is 2. The smallest absolute Gasteiger partial charge is 0.0762 e. The Labute approximate surface area is 133 Å². The number of hydrogen-bond donors (Lipinski definition) is 1. The van der Waals surface area contributed by atoms with Crippen LogP contribution >= 0.6 is 11.8 Å². The first-order chi connectivity index (χ1) is 10.3. The van der Waals surface area contributed by atoms with Crippen LogP contribution in [0.25, 0.3) is 0 Å². The van der Waals surface area contributed by atoms with Crippen molar-refractivity contribution in [1.82, 2.24) is 15.1 Å². The van der Waals surface area contributed by atoms with Gasteiger partial charge in [0.25, 0.3) is 0 Å². The largest absolute Gasteiger partial charge is 0.310 e. The van der Waals surface area contributed by atoms with Gasteiger partial charge in [0.05, 0.1) is 11.7 Å². The van der Waals surface area contributed by atoms with Crippen LogP contribution in [0.2, 0.25) is 0 Å². The highest BCUT2D eigenvalue weighted by Gasteiger charge is 2.30. The molecule has 1 aromatic rings. The van der Waals surface area contributed by atoms with Crippen LogP contribution in [0.1, 0.15) is 69.5 Å². The van der Waals surface area contributed by atoms with Crippen LogP contribution in [0, 0.1) is 0 Å².